The molecule has 2 nitrogen and oxygen atoms in total. The monoisotopic (exact) mass is 215 g/mol. The van der Waals surface area contributed by atoms with Crippen LogP contribution in [-0.2, 0) is 0 Å². The average molecular weight is 215 g/mol. The average Bonchev–Trinajstić information content (AvgIpc) is 2.28. The van der Waals surface area contributed by atoms with Gasteiger partial charge in [0, 0.05) is 23.0 Å². The van der Waals surface area contributed by atoms with Gasteiger partial charge in [-0.1, -0.05) is 12.1 Å². The summed E-state index contributed by atoms with van der Waals surface area (Å²) >= 11 is 0. The van der Waals surface area contributed by atoms with Crippen molar-refractivity contribution < 1.29 is 9.18 Å². The summed E-state index contributed by atoms with van der Waals surface area (Å²) in [6, 6.07) is 7.98. The minimum absolute atomic E-state index is 0.340. The molecule has 0 N–H and O–H groups in total. The molecule has 16 heavy (non-hydrogen) atoms. The van der Waals surface area contributed by atoms with Crippen molar-refractivity contribution in [2.24, 2.45) is 0 Å². The molecule has 3 heteroatoms. The van der Waals surface area contributed by atoms with Crippen LogP contribution in [0.15, 0.2) is 36.5 Å². The van der Waals surface area contributed by atoms with Crippen molar-refractivity contribution in [1.29, 1.82) is 0 Å². The molecular weight excluding hydrogens is 205 g/mol. The van der Waals surface area contributed by atoms with Crippen LogP contribution in [0.5, 0.6) is 0 Å². The van der Waals surface area contributed by atoms with Gasteiger partial charge in [-0.2, -0.15) is 0 Å². The first-order chi connectivity index (χ1) is 7.70. The quantitative estimate of drug-likeness (QED) is 0.721. The van der Waals surface area contributed by atoms with Gasteiger partial charge < -0.3 is 0 Å². The van der Waals surface area contributed by atoms with E-state index < -0.39 is 5.82 Å². The molecule has 0 saturated heterocycles. The van der Waals surface area contributed by atoms with Crippen molar-refractivity contribution in [1.82, 2.24) is 4.98 Å². The minimum Gasteiger partial charge on any atom is -0.298 e. The van der Waals surface area contributed by atoms with Crippen LogP contribution in [0.3, 0.4) is 0 Å². The Morgan fingerprint density at radius 3 is 2.69 bits per heavy atom. The summed E-state index contributed by atoms with van der Waals surface area (Å²) in [6.07, 6.45) is 2.27. The van der Waals surface area contributed by atoms with Crippen LogP contribution in [0.2, 0.25) is 0 Å². The van der Waals surface area contributed by atoms with Crippen molar-refractivity contribution >= 4 is 6.29 Å². The Bertz CT molecular complexity index is 537. The van der Waals surface area contributed by atoms with E-state index in [1.54, 1.807) is 30.5 Å². The number of hydrogen-bond donors (Lipinski definition) is 0. The second kappa shape index (κ2) is 4.23. The van der Waals surface area contributed by atoms with E-state index in [0.717, 1.165) is 11.3 Å². The van der Waals surface area contributed by atoms with E-state index in [1.807, 2.05) is 6.92 Å². The molecule has 0 aliphatic rings. The fourth-order valence-corrected chi connectivity index (χ4v) is 1.55. The maximum Gasteiger partial charge on any atom is 0.150 e. The summed E-state index contributed by atoms with van der Waals surface area (Å²) in [5, 5.41) is 0. The third-order valence-electron chi connectivity index (χ3n) is 2.34. The fourth-order valence-electron chi connectivity index (χ4n) is 1.55. The molecule has 80 valence electrons. The Balaban J connectivity index is 2.52. The van der Waals surface area contributed by atoms with E-state index in [4.69, 9.17) is 0 Å². The maximum absolute atomic E-state index is 13.7. The van der Waals surface area contributed by atoms with Crippen molar-refractivity contribution in [3.63, 3.8) is 0 Å². The van der Waals surface area contributed by atoms with E-state index in [2.05, 4.69) is 4.98 Å². The number of benzene rings is 1. The van der Waals surface area contributed by atoms with Crippen LogP contribution in [0.4, 0.5) is 4.39 Å². The zero-order valence-electron chi connectivity index (χ0n) is 8.77. The predicted octanol–water partition coefficient (Wildman–Crippen LogP) is 3.01. The topological polar surface area (TPSA) is 30.0 Å². The van der Waals surface area contributed by atoms with E-state index in [9.17, 15) is 9.18 Å². The molecule has 0 aliphatic carbocycles. The standard InChI is InChI=1S/C13H10FNO/c1-9-6-11(4-5-15-9)12-3-2-10(8-16)7-13(12)14/h2-8H,1H3. The van der Waals surface area contributed by atoms with Gasteiger partial charge in [-0.05, 0) is 30.7 Å². The molecule has 2 aromatic rings. The Labute approximate surface area is 92.8 Å². The van der Waals surface area contributed by atoms with E-state index in [0.29, 0.717) is 17.4 Å². The molecule has 0 saturated carbocycles. The highest BCUT2D eigenvalue weighted by molar-refractivity contribution is 5.77. The lowest BCUT2D eigenvalue weighted by molar-refractivity contribution is 0.112. The van der Waals surface area contributed by atoms with Gasteiger partial charge in [0.15, 0.2) is 0 Å². The number of pyridine rings is 1. The molecule has 0 radical (unpaired) electrons. The second-order valence-electron chi connectivity index (χ2n) is 3.54. The van der Waals surface area contributed by atoms with Gasteiger partial charge in [-0.3, -0.25) is 9.78 Å². The van der Waals surface area contributed by atoms with E-state index in [-0.39, 0.29) is 0 Å². The summed E-state index contributed by atoms with van der Waals surface area (Å²) in [5.41, 5.74) is 2.42. The highest BCUT2D eigenvalue weighted by Crippen LogP contribution is 2.23. The van der Waals surface area contributed by atoms with Crippen LogP contribution in [0.1, 0.15) is 16.1 Å². The molecule has 0 spiro atoms. The highest BCUT2D eigenvalue weighted by Gasteiger charge is 2.06. The van der Waals surface area contributed by atoms with E-state index >= 15 is 0 Å². The molecule has 0 bridgehead atoms. The lowest BCUT2D eigenvalue weighted by Gasteiger charge is -2.04. The third kappa shape index (κ3) is 1.98. The number of hydrogen-bond acceptors (Lipinski definition) is 2. The first-order valence-corrected chi connectivity index (χ1v) is 4.88. The van der Waals surface area contributed by atoms with Gasteiger partial charge in [0.2, 0.25) is 0 Å². The Morgan fingerprint density at radius 1 is 1.25 bits per heavy atom. The molecular formula is C13H10FNO. The van der Waals surface area contributed by atoms with Gasteiger partial charge in [-0.15, -0.1) is 0 Å². The summed E-state index contributed by atoms with van der Waals surface area (Å²) in [5.74, 6) is -0.393. The Morgan fingerprint density at radius 2 is 2.06 bits per heavy atom. The summed E-state index contributed by atoms with van der Waals surface area (Å²) in [6.45, 7) is 1.85. The molecule has 1 heterocycles. The van der Waals surface area contributed by atoms with E-state index in [1.165, 1.54) is 6.07 Å². The maximum atomic E-state index is 13.7. The SMILES string of the molecule is Cc1cc(-c2ccc(C=O)cc2F)ccn1. The number of rotatable bonds is 2. The zero-order valence-corrected chi connectivity index (χ0v) is 8.77. The van der Waals surface area contributed by atoms with Crippen molar-refractivity contribution in [3.8, 4) is 11.1 Å². The molecule has 1 aromatic carbocycles. The minimum atomic E-state index is -0.393. The first kappa shape index (κ1) is 10.5. The van der Waals surface area contributed by atoms with Crippen LogP contribution in [0.25, 0.3) is 11.1 Å². The van der Waals surface area contributed by atoms with Gasteiger partial charge in [0.25, 0.3) is 0 Å². The number of carbonyl (C=O) groups is 1. The van der Waals surface area contributed by atoms with Crippen LogP contribution in [-0.4, -0.2) is 11.3 Å². The summed E-state index contributed by atoms with van der Waals surface area (Å²) in [4.78, 5) is 14.5. The van der Waals surface area contributed by atoms with Crippen molar-refractivity contribution in [2.75, 3.05) is 0 Å². The molecule has 0 atom stereocenters. The molecule has 0 fully saturated rings. The van der Waals surface area contributed by atoms with Gasteiger partial charge >= 0.3 is 0 Å². The molecule has 0 amide bonds. The molecule has 2 rings (SSSR count). The van der Waals surface area contributed by atoms with Crippen molar-refractivity contribution in [2.45, 2.75) is 6.92 Å². The molecule has 0 unspecified atom stereocenters. The van der Waals surface area contributed by atoms with Gasteiger partial charge in [0.1, 0.15) is 12.1 Å². The Kier molecular flexibility index (Phi) is 2.77. The second-order valence-corrected chi connectivity index (χ2v) is 3.54. The van der Waals surface area contributed by atoms with Gasteiger partial charge in [-0.25, -0.2) is 4.39 Å². The molecule has 0 aliphatic heterocycles. The molecule has 1 aromatic heterocycles. The number of carbonyl (C=O) groups excluding carboxylic acids is 1. The highest BCUT2D eigenvalue weighted by atomic mass is 19.1. The number of halogens is 1. The lowest BCUT2D eigenvalue weighted by Crippen LogP contribution is -1.89. The smallest absolute Gasteiger partial charge is 0.150 e. The lowest BCUT2D eigenvalue weighted by atomic mass is 10.0. The normalized spacial score (nSPS) is 10.1. The number of aromatic nitrogens is 1. The summed E-state index contributed by atoms with van der Waals surface area (Å²) in [7, 11) is 0. The Hall–Kier alpha value is -2.03. The van der Waals surface area contributed by atoms with Crippen LogP contribution in [0, 0.1) is 12.7 Å². The number of nitrogens with zero attached hydrogens (tertiary/aromatic N) is 1. The zero-order chi connectivity index (χ0) is 11.5. The largest absolute Gasteiger partial charge is 0.298 e. The first-order valence-electron chi connectivity index (χ1n) is 4.88. The van der Waals surface area contributed by atoms with Crippen LogP contribution >= 0.6 is 0 Å². The van der Waals surface area contributed by atoms with Gasteiger partial charge in [0.05, 0.1) is 0 Å². The van der Waals surface area contributed by atoms with Crippen LogP contribution < -0.4 is 0 Å². The van der Waals surface area contributed by atoms with Crippen molar-refractivity contribution in [3.05, 3.63) is 53.6 Å². The number of aryl methyl sites for hydroxylation is 1. The predicted molar refractivity (Wildman–Crippen MR) is 59.8 cm³/mol. The summed E-state index contributed by atoms with van der Waals surface area (Å²) < 4.78 is 13.7. The fraction of sp³-hybridized carbons (Fsp3) is 0.0769. The third-order valence-corrected chi connectivity index (χ3v) is 2.34. The number of aldehydes is 1.